The molecule has 0 saturated heterocycles. The molecule has 6 nitrogen and oxygen atoms in total. The lowest BCUT2D eigenvalue weighted by Crippen LogP contribution is -2.33. The zero-order chi connectivity index (χ0) is 54.6. The van der Waals surface area contributed by atoms with E-state index in [1.54, 1.807) is 6.92 Å². The molecule has 0 heterocycles. The highest BCUT2D eigenvalue weighted by Crippen LogP contribution is 2.33. The van der Waals surface area contributed by atoms with Gasteiger partial charge in [0, 0.05) is 36.9 Å². The minimum atomic E-state index is 0.153. The van der Waals surface area contributed by atoms with Crippen molar-refractivity contribution in [2.45, 2.75) is 255 Å². The van der Waals surface area contributed by atoms with Gasteiger partial charge in [-0.15, -0.1) is 0 Å². The smallest absolute Gasteiger partial charge is 0.155 e. The maximum absolute atomic E-state index is 10.9. The van der Waals surface area contributed by atoms with Crippen LogP contribution in [0.25, 0.3) is 0 Å². The predicted octanol–water partition coefficient (Wildman–Crippen LogP) is 18.9. The monoisotopic (exact) mass is 953 g/mol. The van der Waals surface area contributed by atoms with Crippen molar-refractivity contribution in [2.75, 3.05) is 39.8 Å². The number of hydrogen-bond acceptors (Lipinski definition) is 6. The number of Topliss-reactive ketones (excluding diaryl/α,β-unsaturated/α-hetero) is 1. The van der Waals surface area contributed by atoms with E-state index in [0.29, 0.717) is 23.7 Å². The quantitative estimate of drug-likeness (QED) is 0.0248. The Morgan fingerprint density at radius 2 is 1.15 bits per heavy atom. The molecular weight excluding hydrogens is 821 g/mol. The highest BCUT2D eigenvalue weighted by Gasteiger charge is 2.21. The van der Waals surface area contributed by atoms with Crippen LogP contribution in [0.1, 0.15) is 255 Å². The van der Waals surface area contributed by atoms with Crippen molar-refractivity contribution in [2.24, 2.45) is 41.2 Å². The van der Waals surface area contributed by atoms with Gasteiger partial charge in [0.25, 0.3) is 0 Å². The van der Waals surface area contributed by atoms with Crippen LogP contribution in [0.4, 0.5) is 0 Å². The molecule has 5 N–H and O–H groups in total. The molecule has 1 saturated carbocycles. The number of nitrogens with two attached hydrogens (primary N) is 1. The van der Waals surface area contributed by atoms with Gasteiger partial charge >= 0.3 is 0 Å². The van der Waals surface area contributed by atoms with Crippen molar-refractivity contribution in [1.29, 1.82) is 0 Å². The average Bonchev–Trinajstić information content (AvgIpc) is 3.33. The Bertz CT molecular complexity index is 1000. The van der Waals surface area contributed by atoms with Crippen LogP contribution in [0, 0.1) is 35.5 Å². The van der Waals surface area contributed by atoms with Gasteiger partial charge in [-0.1, -0.05) is 240 Å². The maximum Gasteiger partial charge on any atom is 0.155 e. The number of unbranched alkanes of at least 4 members (excludes halogenated alkanes) is 6. The second-order valence-electron chi connectivity index (χ2n) is 16.9. The normalized spacial score (nSPS) is 12.5. The molecule has 4 unspecified atom stereocenters. The summed E-state index contributed by atoms with van der Waals surface area (Å²) in [5.41, 5.74) is 8.73. The number of allylic oxidation sites excluding steroid dienone is 4. The summed E-state index contributed by atoms with van der Waals surface area (Å²) in [5.74, 6) is 5.02. The lowest BCUT2D eigenvalue weighted by Gasteiger charge is -2.28. The van der Waals surface area contributed by atoms with Gasteiger partial charge in [-0.25, -0.2) is 0 Å². The lowest BCUT2D eigenvalue weighted by atomic mass is 9.78. The topological polar surface area (TPSA) is 88.4 Å². The van der Waals surface area contributed by atoms with Crippen molar-refractivity contribution in [3.8, 4) is 0 Å². The summed E-state index contributed by atoms with van der Waals surface area (Å²) in [6, 6.07) is 0. The Kier molecular flexibility index (Phi) is 91.8. The van der Waals surface area contributed by atoms with Crippen molar-refractivity contribution in [1.82, 2.24) is 16.0 Å². The second-order valence-corrected chi connectivity index (χ2v) is 16.9. The van der Waals surface area contributed by atoms with Crippen LogP contribution in [0.15, 0.2) is 61.2 Å². The molecule has 0 aromatic carbocycles. The van der Waals surface area contributed by atoms with Gasteiger partial charge < -0.3 is 26.4 Å². The number of carbonyl (C=O) groups is 1. The molecule has 0 aromatic rings. The van der Waals surface area contributed by atoms with E-state index < -0.39 is 0 Å². The molecule has 0 amide bonds. The fourth-order valence-corrected chi connectivity index (χ4v) is 6.24. The molecule has 5 atom stereocenters. The van der Waals surface area contributed by atoms with Crippen molar-refractivity contribution < 1.29 is 9.53 Å². The summed E-state index contributed by atoms with van der Waals surface area (Å²) >= 11 is 0. The van der Waals surface area contributed by atoms with E-state index in [9.17, 15) is 4.79 Å². The molecule has 1 aliphatic rings. The zero-order valence-corrected chi connectivity index (χ0v) is 50.7. The number of ether oxygens (including phenoxy) is 1. The van der Waals surface area contributed by atoms with E-state index in [2.05, 4.69) is 117 Å². The third-order valence-corrected chi connectivity index (χ3v) is 11.2. The van der Waals surface area contributed by atoms with Crippen LogP contribution in [0.3, 0.4) is 0 Å². The maximum atomic E-state index is 10.9. The van der Waals surface area contributed by atoms with E-state index in [-0.39, 0.29) is 5.78 Å². The lowest BCUT2D eigenvalue weighted by molar-refractivity contribution is -0.113. The summed E-state index contributed by atoms with van der Waals surface area (Å²) in [5, 5.41) is 10.2. The Morgan fingerprint density at radius 3 is 1.52 bits per heavy atom. The van der Waals surface area contributed by atoms with E-state index >= 15 is 0 Å². The van der Waals surface area contributed by atoms with Gasteiger partial charge in [0.15, 0.2) is 5.78 Å². The Balaban J connectivity index is -0.0000000962. The summed E-state index contributed by atoms with van der Waals surface area (Å²) < 4.78 is 5.63. The largest absolute Gasteiger partial charge is 0.498 e. The highest BCUT2D eigenvalue weighted by atomic mass is 16.5. The summed E-state index contributed by atoms with van der Waals surface area (Å²) in [7, 11) is 1.50. The third-order valence-electron chi connectivity index (χ3n) is 11.2. The number of rotatable bonds is 30. The van der Waals surface area contributed by atoms with Crippen molar-refractivity contribution >= 4 is 5.78 Å². The van der Waals surface area contributed by atoms with Crippen LogP contribution in [0.2, 0.25) is 0 Å². The molecule has 0 bridgehead atoms. The first kappa shape index (κ1) is 84.6. The predicted molar refractivity (Wildman–Crippen MR) is 315 cm³/mol. The van der Waals surface area contributed by atoms with Crippen molar-refractivity contribution in [3.05, 3.63) is 61.2 Å². The summed E-state index contributed by atoms with van der Waals surface area (Å²) in [6.07, 6.45) is 20.7. The number of nitrogens with one attached hydrogen (secondary N) is 3. The zero-order valence-electron chi connectivity index (χ0n) is 50.7. The minimum absolute atomic E-state index is 0.153. The highest BCUT2D eigenvalue weighted by molar-refractivity contribution is 5.92. The average molecular weight is 954 g/mol. The van der Waals surface area contributed by atoms with Crippen LogP contribution in [0.5, 0.6) is 0 Å². The first-order chi connectivity index (χ1) is 32.0. The Hall–Kier alpha value is -2.31. The third kappa shape index (κ3) is 70.4. The van der Waals surface area contributed by atoms with Gasteiger partial charge in [0.1, 0.15) is 0 Å². The van der Waals surface area contributed by atoms with Gasteiger partial charge in [-0.2, -0.15) is 0 Å². The van der Waals surface area contributed by atoms with E-state index in [1.165, 1.54) is 103 Å². The molecule has 1 rings (SSSR count). The molecule has 1 aliphatic carbocycles. The second kappa shape index (κ2) is 72.7. The van der Waals surface area contributed by atoms with Crippen LogP contribution in [-0.4, -0.2) is 45.6 Å². The molecule has 0 aromatic heterocycles. The molecule has 67 heavy (non-hydrogen) atoms. The summed E-state index contributed by atoms with van der Waals surface area (Å²) in [4.78, 5) is 10.9. The van der Waals surface area contributed by atoms with Gasteiger partial charge in [0.05, 0.1) is 12.4 Å². The molecular formula is C61H132N4O2. The molecule has 0 aliphatic heterocycles. The van der Waals surface area contributed by atoms with Crippen molar-refractivity contribution in [3.63, 3.8) is 0 Å². The van der Waals surface area contributed by atoms with Gasteiger partial charge in [0.2, 0.25) is 0 Å². The minimum Gasteiger partial charge on any atom is -0.498 e. The van der Waals surface area contributed by atoms with Gasteiger partial charge in [-0.3, -0.25) is 4.79 Å². The molecule has 0 radical (unpaired) electrons. The van der Waals surface area contributed by atoms with Gasteiger partial charge in [-0.05, 0) is 102 Å². The number of carbonyl (C=O) groups excluding carboxylic acids is 1. The molecule has 6 heteroatoms. The molecule has 1 fully saturated rings. The fourth-order valence-electron chi connectivity index (χ4n) is 6.24. The van der Waals surface area contributed by atoms with Crippen LogP contribution < -0.4 is 21.7 Å². The first-order valence-electron chi connectivity index (χ1n) is 28.2. The van der Waals surface area contributed by atoms with E-state index in [4.69, 9.17) is 4.74 Å². The molecule has 0 spiro atoms. The Labute approximate surface area is 426 Å². The first-order valence-corrected chi connectivity index (χ1v) is 28.2. The fraction of sp³-hybridized carbons (Fsp3) is 0.820. The SMILES string of the molecule is C=C(C)NCC[C@H](CC)C(C)C(=C)C.C=C(CC(C)CC1CCC1)C(C)=O.C=C(CNCCCCCCCC)NCC(COC(=C)C)C(C)CC.CC.CC.CC.CC.CC.CCCC.CN. The Morgan fingerprint density at radius 1 is 0.657 bits per heavy atom. The van der Waals surface area contributed by atoms with E-state index in [1.807, 2.05) is 83.1 Å². The van der Waals surface area contributed by atoms with Crippen LogP contribution >= 0.6 is 0 Å². The van der Waals surface area contributed by atoms with Crippen LogP contribution in [-0.2, 0) is 9.53 Å². The molecule has 408 valence electrons. The number of hydrogen-bond donors (Lipinski definition) is 4. The van der Waals surface area contributed by atoms with E-state index in [0.717, 1.165) is 80.2 Å². The summed E-state index contributed by atoms with van der Waals surface area (Å²) in [6.45, 7) is 69.8. The number of ketones is 1. The standard InChI is InChI=1S/C21H42N2O.C13H25N.C12H20O.C4H10.5C2H6.CH5N/c1-7-9-10-11-12-13-14-22-15-20(6)23-16-21(19(5)8-2)17-24-18(3)4;1-7-13(12(6)10(2)3)8-9-14-11(4)5;1-9(7-10(2)11(3)13)8-12-5-4-6-12;1-3-4-2;6*1-2/h19,21-23H,3,6-17H2,1-2,4-5H3;12-14H,2,4,7-9H2,1,3,5-6H3;9,12H,2,4-8H2,1,3H3;3-4H2,1-2H3;5*1-2H3;2H2,1H3/t;12?,13-;;;;;;;;/m.0......../s1.